The molecule has 7 unspecified atom stereocenters. The standard InChI is InChI=1S/C44H81NO8/c1-3-5-7-9-11-13-15-17-18-19-20-21-22-24-26-28-30-32-34-40(48)45-37(36-52-44-43(51)42(50)41(49)39(35-46)53-44)38(47)33-31-29-27-25-23-16-14-12-10-8-6-4-2/h13,15,18-19,31,33,37-39,41-44,46-47,49-51H,3-12,14,16-17,20-30,32,34-36H2,1-2H3,(H,45,48)/b15-13-,19-18-,33-31+. The number of aliphatic hydroxyl groups excluding tert-OH is 5. The molecule has 1 amide bonds. The van der Waals surface area contributed by atoms with Crippen LogP contribution in [-0.4, -0.2) is 87.5 Å². The van der Waals surface area contributed by atoms with Gasteiger partial charge < -0.3 is 40.3 Å². The number of nitrogens with one attached hydrogen (secondary N) is 1. The van der Waals surface area contributed by atoms with Crippen molar-refractivity contribution in [2.24, 2.45) is 0 Å². The van der Waals surface area contributed by atoms with Gasteiger partial charge in [-0.25, -0.2) is 0 Å². The number of hydrogen-bond donors (Lipinski definition) is 6. The van der Waals surface area contributed by atoms with Gasteiger partial charge in [0, 0.05) is 6.42 Å². The molecule has 0 saturated carbocycles. The van der Waals surface area contributed by atoms with Crippen molar-refractivity contribution in [3.05, 3.63) is 36.5 Å². The van der Waals surface area contributed by atoms with Crippen LogP contribution in [0.25, 0.3) is 0 Å². The first-order valence-electron chi connectivity index (χ1n) is 21.7. The quantitative estimate of drug-likeness (QED) is 0.0279. The maximum Gasteiger partial charge on any atom is 0.220 e. The van der Waals surface area contributed by atoms with Crippen LogP contribution >= 0.6 is 0 Å². The Balaban J connectivity index is 2.38. The lowest BCUT2D eigenvalue weighted by atomic mass is 9.99. The van der Waals surface area contributed by atoms with E-state index in [9.17, 15) is 30.3 Å². The molecule has 0 aromatic rings. The van der Waals surface area contributed by atoms with E-state index in [2.05, 4.69) is 43.5 Å². The fourth-order valence-corrected chi connectivity index (χ4v) is 6.65. The Hall–Kier alpha value is -1.59. The third kappa shape index (κ3) is 26.0. The minimum Gasteiger partial charge on any atom is -0.394 e. The number of ether oxygens (including phenoxy) is 2. The minimum atomic E-state index is -1.57. The van der Waals surface area contributed by atoms with E-state index in [0.717, 1.165) is 57.8 Å². The molecule has 9 nitrogen and oxygen atoms in total. The maximum absolute atomic E-state index is 12.9. The Morgan fingerprint density at radius 1 is 0.642 bits per heavy atom. The summed E-state index contributed by atoms with van der Waals surface area (Å²) in [5.41, 5.74) is 0. The fourth-order valence-electron chi connectivity index (χ4n) is 6.65. The molecular formula is C44H81NO8. The summed E-state index contributed by atoms with van der Waals surface area (Å²) >= 11 is 0. The Bertz CT molecular complexity index is 925. The summed E-state index contributed by atoms with van der Waals surface area (Å²) in [6, 6.07) is -0.806. The van der Waals surface area contributed by atoms with E-state index in [4.69, 9.17) is 9.47 Å². The number of allylic oxidation sites excluding steroid dienone is 5. The second-order valence-corrected chi connectivity index (χ2v) is 15.1. The molecule has 1 saturated heterocycles. The van der Waals surface area contributed by atoms with Gasteiger partial charge in [-0.15, -0.1) is 0 Å². The van der Waals surface area contributed by atoms with Gasteiger partial charge in [0.25, 0.3) is 0 Å². The molecular weight excluding hydrogens is 670 g/mol. The molecule has 310 valence electrons. The summed E-state index contributed by atoms with van der Waals surface area (Å²) < 4.78 is 11.2. The zero-order valence-electron chi connectivity index (χ0n) is 33.8. The van der Waals surface area contributed by atoms with E-state index in [1.807, 2.05) is 6.08 Å². The summed E-state index contributed by atoms with van der Waals surface area (Å²) in [6.45, 7) is 3.73. The van der Waals surface area contributed by atoms with Crippen LogP contribution in [0.2, 0.25) is 0 Å². The predicted octanol–water partition coefficient (Wildman–Crippen LogP) is 8.50. The molecule has 9 heteroatoms. The van der Waals surface area contributed by atoms with E-state index in [0.29, 0.717) is 6.42 Å². The molecule has 6 N–H and O–H groups in total. The normalized spacial score (nSPS) is 22.0. The van der Waals surface area contributed by atoms with Crippen LogP contribution in [-0.2, 0) is 14.3 Å². The molecule has 0 bridgehead atoms. The molecule has 1 rings (SSSR count). The van der Waals surface area contributed by atoms with E-state index in [-0.39, 0.29) is 12.5 Å². The van der Waals surface area contributed by atoms with Gasteiger partial charge in [-0.2, -0.15) is 0 Å². The van der Waals surface area contributed by atoms with Crippen molar-refractivity contribution in [2.45, 2.75) is 224 Å². The van der Waals surface area contributed by atoms with Gasteiger partial charge in [0.2, 0.25) is 5.91 Å². The zero-order chi connectivity index (χ0) is 38.8. The lowest BCUT2D eigenvalue weighted by Crippen LogP contribution is -2.60. The van der Waals surface area contributed by atoms with Gasteiger partial charge in [0.05, 0.1) is 25.4 Å². The molecule has 53 heavy (non-hydrogen) atoms. The van der Waals surface area contributed by atoms with Crippen LogP contribution in [0.1, 0.15) is 181 Å². The van der Waals surface area contributed by atoms with Crippen LogP contribution in [0.4, 0.5) is 0 Å². The highest BCUT2D eigenvalue weighted by Gasteiger charge is 2.44. The Kier molecular flexibility index (Phi) is 32.5. The lowest BCUT2D eigenvalue weighted by molar-refractivity contribution is -0.302. The number of amides is 1. The molecule has 7 atom stereocenters. The maximum atomic E-state index is 12.9. The van der Waals surface area contributed by atoms with Gasteiger partial charge in [-0.1, -0.05) is 159 Å². The highest BCUT2D eigenvalue weighted by molar-refractivity contribution is 5.76. The Labute approximate surface area is 323 Å². The molecule has 1 aliphatic heterocycles. The minimum absolute atomic E-state index is 0.187. The highest BCUT2D eigenvalue weighted by atomic mass is 16.7. The summed E-state index contributed by atoms with van der Waals surface area (Å²) in [6.07, 6.45) is 34.6. The Morgan fingerprint density at radius 2 is 1.11 bits per heavy atom. The van der Waals surface area contributed by atoms with Crippen LogP contribution in [0.5, 0.6) is 0 Å². The monoisotopic (exact) mass is 752 g/mol. The second kappa shape index (κ2) is 34.9. The molecule has 1 fully saturated rings. The second-order valence-electron chi connectivity index (χ2n) is 15.1. The fraction of sp³-hybridized carbons (Fsp3) is 0.841. The van der Waals surface area contributed by atoms with Crippen LogP contribution in [0.15, 0.2) is 36.5 Å². The van der Waals surface area contributed by atoms with Crippen molar-refractivity contribution in [2.75, 3.05) is 13.2 Å². The van der Waals surface area contributed by atoms with E-state index in [1.165, 1.54) is 103 Å². The van der Waals surface area contributed by atoms with Crippen molar-refractivity contribution < 1.29 is 39.8 Å². The molecule has 0 aromatic heterocycles. The van der Waals surface area contributed by atoms with Gasteiger partial charge >= 0.3 is 0 Å². The van der Waals surface area contributed by atoms with Crippen LogP contribution < -0.4 is 5.32 Å². The predicted molar refractivity (Wildman–Crippen MR) is 216 cm³/mol. The van der Waals surface area contributed by atoms with Crippen molar-refractivity contribution in [1.29, 1.82) is 0 Å². The summed E-state index contributed by atoms with van der Waals surface area (Å²) in [5, 5.41) is 54.0. The third-order valence-corrected chi connectivity index (χ3v) is 10.2. The first-order valence-corrected chi connectivity index (χ1v) is 21.7. The van der Waals surface area contributed by atoms with Crippen molar-refractivity contribution in [3.63, 3.8) is 0 Å². The molecule has 0 spiro atoms. The Morgan fingerprint density at radius 3 is 1.64 bits per heavy atom. The third-order valence-electron chi connectivity index (χ3n) is 10.2. The zero-order valence-corrected chi connectivity index (χ0v) is 33.8. The average molecular weight is 752 g/mol. The average Bonchev–Trinajstić information content (AvgIpc) is 3.16. The molecule has 1 heterocycles. The summed E-state index contributed by atoms with van der Waals surface area (Å²) in [7, 11) is 0. The molecule has 0 aromatic carbocycles. The number of carbonyl (C=O) groups excluding carboxylic acids is 1. The van der Waals surface area contributed by atoms with Crippen LogP contribution in [0, 0.1) is 0 Å². The molecule has 0 aliphatic carbocycles. The topological polar surface area (TPSA) is 149 Å². The number of carbonyl (C=O) groups is 1. The number of aliphatic hydroxyl groups is 5. The smallest absolute Gasteiger partial charge is 0.220 e. The van der Waals surface area contributed by atoms with Gasteiger partial charge in [0.15, 0.2) is 6.29 Å². The van der Waals surface area contributed by atoms with Crippen molar-refractivity contribution >= 4 is 5.91 Å². The van der Waals surface area contributed by atoms with Crippen molar-refractivity contribution in [1.82, 2.24) is 5.32 Å². The SMILES string of the molecule is CCCCCC/C=C\C/C=C\CCCCCCCCCC(=O)NC(COC1OC(CO)C(O)C(O)C1O)C(O)/C=C/CCCCCCCCCCCC. The van der Waals surface area contributed by atoms with Crippen molar-refractivity contribution in [3.8, 4) is 0 Å². The number of rotatable bonds is 35. The van der Waals surface area contributed by atoms with Gasteiger partial charge in [-0.3, -0.25) is 4.79 Å². The lowest BCUT2D eigenvalue weighted by Gasteiger charge is -2.40. The largest absolute Gasteiger partial charge is 0.394 e. The summed E-state index contributed by atoms with van der Waals surface area (Å²) in [5.74, 6) is -0.187. The van der Waals surface area contributed by atoms with E-state index in [1.54, 1.807) is 6.08 Å². The summed E-state index contributed by atoms with van der Waals surface area (Å²) in [4.78, 5) is 12.9. The van der Waals surface area contributed by atoms with Crippen LogP contribution in [0.3, 0.4) is 0 Å². The molecule has 0 radical (unpaired) electrons. The number of hydrogen-bond acceptors (Lipinski definition) is 8. The van der Waals surface area contributed by atoms with Gasteiger partial charge in [-0.05, 0) is 51.4 Å². The first kappa shape index (κ1) is 49.4. The van der Waals surface area contributed by atoms with E-state index >= 15 is 0 Å². The highest BCUT2D eigenvalue weighted by Crippen LogP contribution is 2.22. The van der Waals surface area contributed by atoms with E-state index < -0.39 is 49.5 Å². The first-order chi connectivity index (χ1) is 25.8. The number of unbranched alkanes of at least 4 members (excludes halogenated alkanes) is 21. The van der Waals surface area contributed by atoms with Gasteiger partial charge in [0.1, 0.15) is 24.4 Å². The molecule has 1 aliphatic rings.